The standard InChI is InChI=1S/C18H26N2/c1-5-19-17(11-12-18(2,3)4)14-8-6-10-16-15(14)9-7-13-20-16/h6-10,13,17,19H,5,11-12H2,1-4H3. The summed E-state index contributed by atoms with van der Waals surface area (Å²) in [6.07, 6.45) is 4.23. The molecule has 0 aliphatic carbocycles. The van der Waals surface area contributed by atoms with E-state index in [1.54, 1.807) is 0 Å². The Labute approximate surface area is 122 Å². The molecule has 0 radical (unpaired) electrons. The fourth-order valence-corrected chi connectivity index (χ4v) is 2.62. The van der Waals surface area contributed by atoms with Crippen molar-refractivity contribution in [2.45, 2.75) is 46.6 Å². The van der Waals surface area contributed by atoms with Gasteiger partial charge in [0.15, 0.2) is 0 Å². The van der Waals surface area contributed by atoms with Gasteiger partial charge in [-0.25, -0.2) is 0 Å². The zero-order chi connectivity index (χ0) is 14.6. The molecule has 1 aromatic heterocycles. The van der Waals surface area contributed by atoms with E-state index < -0.39 is 0 Å². The molecule has 0 fully saturated rings. The molecule has 108 valence electrons. The topological polar surface area (TPSA) is 24.9 Å². The van der Waals surface area contributed by atoms with Crippen LogP contribution in [0.3, 0.4) is 0 Å². The molecule has 20 heavy (non-hydrogen) atoms. The van der Waals surface area contributed by atoms with Crippen LogP contribution in [0.4, 0.5) is 0 Å². The molecule has 2 rings (SSSR count). The Morgan fingerprint density at radius 3 is 2.65 bits per heavy atom. The van der Waals surface area contributed by atoms with Gasteiger partial charge in [0.05, 0.1) is 5.52 Å². The van der Waals surface area contributed by atoms with Crippen molar-refractivity contribution in [2.24, 2.45) is 5.41 Å². The summed E-state index contributed by atoms with van der Waals surface area (Å²) in [4.78, 5) is 4.47. The molecule has 0 aliphatic rings. The highest BCUT2D eigenvalue weighted by atomic mass is 14.9. The van der Waals surface area contributed by atoms with E-state index in [4.69, 9.17) is 0 Å². The highest BCUT2D eigenvalue weighted by Gasteiger charge is 2.17. The van der Waals surface area contributed by atoms with Gasteiger partial charge < -0.3 is 5.32 Å². The average Bonchev–Trinajstić information content (AvgIpc) is 2.42. The number of fused-ring (bicyclic) bond motifs is 1. The van der Waals surface area contributed by atoms with Crippen molar-refractivity contribution in [3.8, 4) is 0 Å². The van der Waals surface area contributed by atoms with Gasteiger partial charge in [-0.3, -0.25) is 4.98 Å². The van der Waals surface area contributed by atoms with Crippen LogP contribution in [-0.4, -0.2) is 11.5 Å². The summed E-state index contributed by atoms with van der Waals surface area (Å²) < 4.78 is 0. The lowest BCUT2D eigenvalue weighted by Crippen LogP contribution is -2.23. The van der Waals surface area contributed by atoms with Crippen LogP contribution in [0, 0.1) is 5.41 Å². The lowest BCUT2D eigenvalue weighted by atomic mass is 9.86. The van der Waals surface area contributed by atoms with E-state index >= 15 is 0 Å². The first-order valence-electron chi connectivity index (χ1n) is 7.58. The van der Waals surface area contributed by atoms with Gasteiger partial charge in [-0.2, -0.15) is 0 Å². The number of hydrogen-bond donors (Lipinski definition) is 1. The number of nitrogens with one attached hydrogen (secondary N) is 1. The van der Waals surface area contributed by atoms with Crippen LogP contribution in [0.25, 0.3) is 10.9 Å². The van der Waals surface area contributed by atoms with E-state index in [1.807, 2.05) is 12.3 Å². The maximum Gasteiger partial charge on any atom is 0.0705 e. The summed E-state index contributed by atoms with van der Waals surface area (Å²) in [5.41, 5.74) is 2.83. The molecule has 0 saturated heterocycles. The van der Waals surface area contributed by atoms with Gasteiger partial charge in [0.25, 0.3) is 0 Å². The van der Waals surface area contributed by atoms with Crippen LogP contribution in [-0.2, 0) is 0 Å². The van der Waals surface area contributed by atoms with Crippen molar-refractivity contribution in [2.75, 3.05) is 6.54 Å². The number of hydrogen-bond acceptors (Lipinski definition) is 2. The summed E-state index contributed by atoms with van der Waals surface area (Å²) in [6, 6.07) is 11.1. The van der Waals surface area contributed by atoms with Crippen LogP contribution in [0.5, 0.6) is 0 Å². The summed E-state index contributed by atoms with van der Waals surface area (Å²) in [7, 11) is 0. The van der Waals surface area contributed by atoms with Gasteiger partial charge in [0.1, 0.15) is 0 Å². The van der Waals surface area contributed by atoms with Crippen LogP contribution in [0.15, 0.2) is 36.5 Å². The first-order chi connectivity index (χ1) is 9.51. The second-order valence-electron chi connectivity index (χ2n) is 6.63. The van der Waals surface area contributed by atoms with Crippen molar-refractivity contribution in [1.82, 2.24) is 10.3 Å². The molecule has 0 spiro atoms. The zero-order valence-corrected chi connectivity index (χ0v) is 13.1. The van der Waals surface area contributed by atoms with E-state index in [9.17, 15) is 0 Å². The summed E-state index contributed by atoms with van der Waals surface area (Å²) in [5, 5.41) is 4.91. The van der Waals surface area contributed by atoms with Crippen molar-refractivity contribution in [3.05, 3.63) is 42.1 Å². The number of aromatic nitrogens is 1. The second-order valence-corrected chi connectivity index (χ2v) is 6.63. The molecule has 2 heteroatoms. The maximum absolute atomic E-state index is 4.47. The molecule has 2 aromatic rings. The van der Waals surface area contributed by atoms with Crippen LogP contribution >= 0.6 is 0 Å². The van der Waals surface area contributed by atoms with E-state index in [0.717, 1.165) is 18.5 Å². The number of rotatable bonds is 5. The molecule has 0 saturated carbocycles. The van der Waals surface area contributed by atoms with Gasteiger partial charge in [-0.1, -0.05) is 45.9 Å². The normalized spacial score (nSPS) is 13.6. The van der Waals surface area contributed by atoms with E-state index in [2.05, 4.69) is 62.3 Å². The van der Waals surface area contributed by atoms with Crippen molar-refractivity contribution in [3.63, 3.8) is 0 Å². The number of benzene rings is 1. The Hall–Kier alpha value is -1.41. The SMILES string of the molecule is CCNC(CCC(C)(C)C)c1cccc2ncccc12. The van der Waals surface area contributed by atoms with Crippen LogP contribution in [0.1, 0.15) is 52.1 Å². The summed E-state index contributed by atoms with van der Waals surface area (Å²) in [5.74, 6) is 0. The van der Waals surface area contributed by atoms with Crippen LogP contribution < -0.4 is 5.32 Å². The quantitative estimate of drug-likeness (QED) is 0.851. The molecule has 0 amide bonds. The van der Waals surface area contributed by atoms with E-state index in [1.165, 1.54) is 17.4 Å². The molecule has 1 N–H and O–H groups in total. The molecule has 1 heterocycles. The monoisotopic (exact) mass is 270 g/mol. The molecule has 1 unspecified atom stereocenters. The Bertz CT molecular complexity index is 549. The highest BCUT2D eigenvalue weighted by Crippen LogP contribution is 2.30. The molecular weight excluding hydrogens is 244 g/mol. The fraction of sp³-hybridized carbons (Fsp3) is 0.500. The highest BCUT2D eigenvalue weighted by molar-refractivity contribution is 5.82. The molecule has 0 bridgehead atoms. The Kier molecular flexibility index (Phi) is 4.77. The smallest absolute Gasteiger partial charge is 0.0705 e. The first-order valence-corrected chi connectivity index (χ1v) is 7.58. The lowest BCUT2D eigenvalue weighted by molar-refractivity contribution is 0.334. The minimum Gasteiger partial charge on any atom is -0.310 e. The molecule has 0 aliphatic heterocycles. The summed E-state index contributed by atoms with van der Waals surface area (Å²) in [6.45, 7) is 10.1. The van der Waals surface area contributed by atoms with Gasteiger partial charge in [0, 0.05) is 17.6 Å². The number of pyridine rings is 1. The van der Waals surface area contributed by atoms with Crippen molar-refractivity contribution in [1.29, 1.82) is 0 Å². The molecule has 1 aromatic carbocycles. The van der Waals surface area contributed by atoms with Gasteiger partial charge >= 0.3 is 0 Å². The average molecular weight is 270 g/mol. The largest absolute Gasteiger partial charge is 0.310 e. The predicted octanol–water partition coefficient (Wildman–Crippen LogP) is 4.71. The molecule has 2 nitrogen and oxygen atoms in total. The third kappa shape index (κ3) is 3.80. The van der Waals surface area contributed by atoms with Crippen molar-refractivity contribution < 1.29 is 0 Å². The van der Waals surface area contributed by atoms with Gasteiger partial charge in [-0.05, 0) is 42.5 Å². The molecule has 1 atom stereocenters. The Morgan fingerprint density at radius 1 is 1.15 bits per heavy atom. The lowest BCUT2D eigenvalue weighted by Gasteiger charge is -2.25. The van der Waals surface area contributed by atoms with E-state index in [0.29, 0.717) is 11.5 Å². The van der Waals surface area contributed by atoms with E-state index in [-0.39, 0.29) is 0 Å². The zero-order valence-electron chi connectivity index (χ0n) is 13.1. The minimum absolute atomic E-state index is 0.372. The van der Waals surface area contributed by atoms with Gasteiger partial charge in [-0.15, -0.1) is 0 Å². The maximum atomic E-state index is 4.47. The number of nitrogens with zero attached hydrogens (tertiary/aromatic N) is 1. The Morgan fingerprint density at radius 2 is 1.95 bits per heavy atom. The predicted molar refractivity (Wildman–Crippen MR) is 86.8 cm³/mol. The van der Waals surface area contributed by atoms with Crippen molar-refractivity contribution >= 4 is 10.9 Å². The second kappa shape index (κ2) is 6.36. The third-order valence-corrected chi connectivity index (χ3v) is 3.69. The van der Waals surface area contributed by atoms with Crippen LogP contribution in [0.2, 0.25) is 0 Å². The first kappa shape index (κ1) is 15.0. The minimum atomic E-state index is 0.372. The molecular formula is C18H26N2. The Balaban J connectivity index is 2.31. The third-order valence-electron chi connectivity index (χ3n) is 3.69. The van der Waals surface area contributed by atoms with Gasteiger partial charge in [0.2, 0.25) is 0 Å². The fourth-order valence-electron chi connectivity index (χ4n) is 2.62. The summed E-state index contributed by atoms with van der Waals surface area (Å²) >= 11 is 0.